The predicted molar refractivity (Wildman–Crippen MR) is 69.7 cm³/mol. The maximum absolute atomic E-state index is 12.7. The van der Waals surface area contributed by atoms with Crippen molar-refractivity contribution in [1.82, 2.24) is 10.2 Å². The molecule has 2 aliphatic rings. The average molecular weight is 238 g/mol. The van der Waals surface area contributed by atoms with Crippen LogP contribution in [0.2, 0.25) is 0 Å². The highest BCUT2D eigenvalue weighted by molar-refractivity contribution is 5.84. The first-order valence-electron chi connectivity index (χ1n) is 6.85. The standard InChI is InChI=1S/C14H26N2O/c1-6-16(10-7-8-15-9-10)12(17)11-13(2,3)14(11,4)5/h10-11,15H,6-9H2,1-5H3. The third kappa shape index (κ3) is 1.79. The Kier molecular flexibility index (Phi) is 3.01. The number of nitrogens with one attached hydrogen (secondary N) is 1. The molecule has 1 unspecified atom stereocenters. The van der Waals surface area contributed by atoms with Gasteiger partial charge in [0.2, 0.25) is 5.91 Å². The van der Waals surface area contributed by atoms with Crippen molar-refractivity contribution in [2.24, 2.45) is 16.7 Å². The molecule has 3 nitrogen and oxygen atoms in total. The van der Waals surface area contributed by atoms with Crippen LogP contribution in [0.25, 0.3) is 0 Å². The fraction of sp³-hybridized carbons (Fsp3) is 0.929. The number of nitrogens with zero attached hydrogens (tertiary/aromatic N) is 1. The summed E-state index contributed by atoms with van der Waals surface area (Å²) in [4.78, 5) is 14.8. The van der Waals surface area contributed by atoms with E-state index in [-0.39, 0.29) is 16.7 Å². The van der Waals surface area contributed by atoms with Crippen molar-refractivity contribution in [2.45, 2.75) is 47.1 Å². The van der Waals surface area contributed by atoms with Gasteiger partial charge in [0.05, 0.1) is 0 Å². The van der Waals surface area contributed by atoms with Gasteiger partial charge in [0.25, 0.3) is 0 Å². The van der Waals surface area contributed by atoms with Crippen molar-refractivity contribution in [2.75, 3.05) is 19.6 Å². The zero-order chi connectivity index (χ0) is 12.8. The maximum atomic E-state index is 12.7. The Hall–Kier alpha value is -0.570. The lowest BCUT2D eigenvalue weighted by molar-refractivity contribution is -0.135. The van der Waals surface area contributed by atoms with Crippen molar-refractivity contribution in [3.8, 4) is 0 Å². The first-order chi connectivity index (χ1) is 7.84. The highest BCUT2D eigenvalue weighted by atomic mass is 16.2. The second kappa shape index (κ2) is 3.98. The summed E-state index contributed by atoms with van der Waals surface area (Å²) in [5.41, 5.74) is 0.313. The van der Waals surface area contributed by atoms with Crippen LogP contribution >= 0.6 is 0 Å². The Bertz CT molecular complexity index is 302. The minimum atomic E-state index is 0.156. The van der Waals surface area contributed by atoms with Crippen LogP contribution in [0.5, 0.6) is 0 Å². The third-order valence-corrected chi connectivity index (χ3v) is 5.37. The van der Waals surface area contributed by atoms with E-state index < -0.39 is 0 Å². The van der Waals surface area contributed by atoms with Gasteiger partial charge in [0, 0.05) is 25.0 Å². The molecule has 1 heterocycles. The molecule has 98 valence electrons. The number of likely N-dealkylation sites (N-methyl/N-ethyl adjacent to an activating group) is 1. The summed E-state index contributed by atoms with van der Waals surface area (Å²) in [6.07, 6.45) is 1.10. The van der Waals surface area contributed by atoms with Gasteiger partial charge in [-0.2, -0.15) is 0 Å². The van der Waals surface area contributed by atoms with Crippen LogP contribution in [0.3, 0.4) is 0 Å². The van der Waals surface area contributed by atoms with E-state index in [4.69, 9.17) is 0 Å². The summed E-state index contributed by atoms with van der Waals surface area (Å²) in [7, 11) is 0. The van der Waals surface area contributed by atoms with E-state index in [0.717, 1.165) is 26.1 Å². The first kappa shape index (κ1) is 12.9. The zero-order valence-corrected chi connectivity index (χ0v) is 11.8. The van der Waals surface area contributed by atoms with Crippen molar-refractivity contribution < 1.29 is 4.79 Å². The molecule has 3 heteroatoms. The molecule has 1 saturated heterocycles. The van der Waals surface area contributed by atoms with Crippen LogP contribution in [0.4, 0.5) is 0 Å². The Morgan fingerprint density at radius 2 is 1.88 bits per heavy atom. The normalized spacial score (nSPS) is 30.3. The number of hydrogen-bond acceptors (Lipinski definition) is 2. The fourth-order valence-corrected chi connectivity index (χ4v) is 3.48. The number of hydrogen-bond donors (Lipinski definition) is 1. The van der Waals surface area contributed by atoms with E-state index in [0.29, 0.717) is 11.9 Å². The minimum Gasteiger partial charge on any atom is -0.338 e. The summed E-state index contributed by atoms with van der Waals surface area (Å²) in [5, 5.41) is 3.35. The Morgan fingerprint density at radius 1 is 1.29 bits per heavy atom. The monoisotopic (exact) mass is 238 g/mol. The van der Waals surface area contributed by atoms with Gasteiger partial charge in [-0.3, -0.25) is 4.79 Å². The highest BCUT2D eigenvalue weighted by Crippen LogP contribution is 2.68. The van der Waals surface area contributed by atoms with E-state index in [9.17, 15) is 4.79 Å². The highest BCUT2D eigenvalue weighted by Gasteiger charge is 2.69. The summed E-state index contributed by atoms with van der Waals surface area (Å²) < 4.78 is 0. The molecule has 2 rings (SSSR count). The third-order valence-electron chi connectivity index (χ3n) is 5.37. The van der Waals surface area contributed by atoms with E-state index in [1.54, 1.807) is 0 Å². The SMILES string of the molecule is CCN(C(=O)C1C(C)(C)C1(C)C)C1CCNC1. The average Bonchev–Trinajstić information content (AvgIpc) is 2.62. The molecule has 1 aliphatic carbocycles. The van der Waals surface area contributed by atoms with Crippen LogP contribution in [0.1, 0.15) is 41.0 Å². The Morgan fingerprint density at radius 3 is 2.24 bits per heavy atom. The van der Waals surface area contributed by atoms with Crippen LogP contribution in [0.15, 0.2) is 0 Å². The van der Waals surface area contributed by atoms with Gasteiger partial charge in [-0.05, 0) is 30.7 Å². The van der Waals surface area contributed by atoms with E-state index in [2.05, 4.69) is 44.8 Å². The molecule has 0 bridgehead atoms. The predicted octanol–water partition coefficient (Wildman–Crippen LogP) is 1.88. The van der Waals surface area contributed by atoms with Crippen molar-refractivity contribution >= 4 is 5.91 Å². The van der Waals surface area contributed by atoms with Crippen molar-refractivity contribution in [3.63, 3.8) is 0 Å². The molecule has 1 N–H and O–H groups in total. The molecule has 2 fully saturated rings. The molecule has 0 radical (unpaired) electrons. The van der Waals surface area contributed by atoms with Gasteiger partial charge in [0.1, 0.15) is 0 Å². The Balaban J connectivity index is 2.09. The zero-order valence-electron chi connectivity index (χ0n) is 11.8. The van der Waals surface area contributed by atoms with Gasteiger partial charge in [0.15, 0.2) is 0 Å². The second-order valence-electron chi connectivity index (χ2n) is 6.65. The number of carbonyl (C=O) groups is 1. The van der Waals surface area contributed by atoms with Gasteiger partial charge in [-0.1, -0.05) is 27.7 Å². The van der Waals surface area contributed by atoms with Gasteiger partial charge >= 0.3 is 0 Å². The van der Waals surface area contributed by atoms with Gasteiger partial charge < -0.3 is 10.2 Å². The van der Waals surface area contributed by atoms with Crippen molar-refractivity contribution in [3.05, 3.63) is 0 Å². The van der Waals surface area contributed by atoms with E-state index >= 15 is 0 Å². The minimum absolute atomic E-state index is 0.156. The number of carbonyl (C=O) groups excluding carboxylic acids is 1. The van der Waals surface area contributed by atoms with E-state index in [1.807, 2.05) is 0 Å². The Labute approximate surface area is 105 Å². The molecular formula is C14H26N2O. The molecule has 17 heavy (non-hydrogen) atoms. The quantitative estimate of drug-likeness (QED) is 0.814. The van der Waals surface area contributed by atoms with Gasteiger partial charge in [-0.25, -0.2) is 0 Å². The molecule has 0 aromatic carbocycles. The number of rotatable bonds is 3. The van der Waals surface area contributed by atoms with Gasteiger partial charge in [-0.15, -0.1) is 0 Å². The lowest BCUT2D eigenvalue weighted by Crippen LogP contribution is -2.43. The largest absolute Gasteiger partial charge is 0.338 e. The fourth-order valence-electron chi connectivity index (χ4n) is 3.48. The topological polar surface area (TPSA) is 32.3 Å². The molecular weight excluding hydrogens is 212 g/mol. The van der Waals surface area contributed by atoms with E-state index in [1.165, 1.54) is 0 Å². The molecule has 0 aromatic rings. The lowest BCUT2D eigenvalue weighted by atomic mass is 10.0. The summed E-state index contributed by atoms with van der Waals surface area (Å²) in [6.45, 7) is 13.8. The van der Waals surface area contributed by atoms with Crippen LogP contribution in [-0.2, 0) is 4.79 Å². The van der Waals surface area contributed by atoms with Crippen LogP contribution in [-0.4, -0.2) is 36.5 Å². The van der Waals surface area contributed by atoms with Crippen LogP contribution < -0.4 is 5.32 Å². The molecule has 0 aromatic heterocycles. The lowest BCUT2D eigenvalue weighted by Gasteiger charge is -2.28. The molecule has 0 spiro atoms. The molecule has 1 amide bonds. The summed E-state index contributed by atoms with van der Waals surface area (Å²) in [6, 6.07) is 0.416. The molecule has 1 aliphatic heterocycles. The maximum Gasteiger partial charge on any atom is 0.227 e. The number of amides is 1. The summed E-state index contributed by atoms with van der Waals surface area (Å²) in [5.74, 6) is 0.576. The smallest absolute Gasteiger partial charge is 0.227 e. The second-order valence-corrected chi connectivity index (χ2v) is 6.65. The first-order valence-corrected chi connectivity index (χ1v) is 6.85. The molecule has 1 atom stereocenters. The van der Waals surface area contributed by atoms with Crippen LogP contribution in [0, 0.1) is 16.7 Å². The molecule has 1 saturated carbocycles. The van der Waals surface area contributed by atoms with Crippen molar-refractivity contribution in [1.29, 1.82) is 0 Å². The summed E-state index contributed by atoms with van der Waals surface area (Å²) >= 11 is 0.